The molecular weight excluding hydrogens is 594 g/mol. The Hall–Kier alpha value is -3.60. The first-order valence-corrected chi connectivity index (χ1v) is 16.7. The third-order valence-corrected chi connectivity index (χ3v) is 10.7. The number of amides is 2. The molecule has 0 radical (unpaired) electrons. The summed E-state index contributed by atoms with van der Waals surface area (Å²) in [6.45, 7) is 3.92. The third kappa shape index (κ3) is 5.44. The summed E-state index contributed by atoms with van der Waals surface area (Å²) >= 11 is 8.41. The number of nitrogens with one attached hydrogen (secondary N) is 1. The minimum Gasteiger partial charge on any atom is -0.339 e. The monoisotopic (exact) mass is 629 g/mol. The molecule has 11 heteroatoms. The molecule has 1 N–H and O–H groups in total. The maximum atomic E-state index is 13.6. The lowest BCUT2D eigenvalue weighted by molar-refractivity contribution is -0.114. The summed E-state index contributed by atoms with van der Waals surface area (Å²) in [7, 11) is 1.92. The van der Waals surface area contributed by atoms with Crippen LogP contribution in [0.1, 0.15) is 67.1 Å². The zero-order valence-electron chi connectivity index (χ0n) is 25.1. The van der Waals surface area contributed by atoms with E-state index >= 15 is 0 Å². The van der Waals surface area contributed by atoms with E-state index in [1.807, 2.05) is 47.1 Å². The van der Waals surface area contributed by atoms with Crippen molar-refractivity contribution in [2.24, 2.45) is 0 Å². The fourth-order valence-electron chi connectivity index (χ4n) is 7.08. The van der Waals surface area contributed by atoms with Crippen LogP contribution in [0, 0.1) is 0 Å². The number of thiazole rings is 1. The van der Waals surface area contributed by atoms with Gasteiger partial charge in [0.05, 0.1) is 32.7 Å². The Labute approximate surface area is 266 Å². The number of carbonyl (C=O) groups excluding carboxylic acids is 2. The predicted molar refractivity (Wildman–Crippen MR) is 174 cm³/mol. The van der Waals surface area contributed by atoms with Crippen LogP contribution in [0.25, 0.3) is 27.5 Å². The van der Waals surface area contributed by atoms with Crippen LogP contribution in [0.2, 0.25) is 5.02 Å². The highest BCUT2D eigenvalue weighted by Crippen LogP contribution is 2.45. The van der Waals surface area contributed by atoms with Crippen molar-refractivity contribution >= 4 is 39.9 Å². The molecule has 44 heavy (non-hydrogen) atoms. The first-order chi connectivity index (χ1) is 21.4. The van der Waals surface area contributed by atoms with E-state index in [0.29, 0.717) is 27.4 Å². The van der Waals surface area contributed by atoms with Crippen molar-refractivity contribution in [2.45, 2.75) is 70.4 Å². The summed E-state index contributed by atoms with van der Waals surface area (Å²) in [5.41, 5.74) is 5.94. The van der Waals surface area contributed by atoms with Crippen LogP contribution in [0.3, 0.4) is 0 Å². The minimum absolute atomic E-state index is 0.00805. The van der Waals surface area contributed by atoms with Gasteiger partial charge in [-0.25, -0.2) is 9.67 Å². The molecule has 2 fully saturated rings. The molecule has 2 aliphatic carbocycles. The van der Waals surface area contributed by atoms with Crippen LogP contribution >= 0.6 is 22.9 Å². The summed E-state index contributed by atoms with van der Waals surface area (Å²) < 4.78 is 1.87. The highest BCUT2D eigenvalue weighted by molar-refractivity contribution is 7.19. The second kappa shape index (κ2) is 12.1. The Bertz CT molecular complexity index is 1700. The number of hydrogen-bond acceptors (Lipinski definition) is 7. The van der Waals surface area contributed by atoms with Gasteiger partial charge in [0, 0.05) is 55.1 Å². The Balaban J connectivity index is 1.19. The Morgan fingerprint density at radius 2 is 1.89 bits per heavy atom. The molecule has 0 spiro atoms. The van der Waals surface area contributed by atoms with Crippen molar-refractivity contribution < 1.29 is 9.59 Å². The smallest absolute Gasteiger partial charge is 0.253 e. The highest BCUT2D eigenvalue weighted by Gasteiger charge is 2.33. The van der Waals surface area contributed by atoms with Gasteiger partial charge in [0.1, 0.15) is 0 Å². The number of hydrogen-bond donors (Lipinski definition) is 1. The summed E-state index contributed by atoms with van der Waals surface area (Å²) in [6.07, 6.45) is 12.0. The molecule has 2 amide bonds. The van der Waals surface area contributed by atoms with Crippen LogP contribution in [0.15, 0.2) is 42.7 Å². The van der Waals surface area contributed by atoms with Crippen LogP contribution in [-0.4, -0.2) is 73.6 Å². The predicted octanol–water partition coefficient (Wildman–Crippen LogP) is 6.25. The van der Waals surface area contributed by atoms with Crippen molar-refractivity contribution in [1.82, 2.24) is 29.5 Å². The molecule has 1 saturated heterocycles. The topological polar surface area (TPSA) is 96.2 Å². The lowest BCUT2D eigenvalue weighted by Crippen LogP contribution is -2.44. The van der Waals surface area contributed by atoms with Gasteiger partial charge in [-0.2, -0.15) is 5.10 Å². The van der Waals surface area contributed by atoms with Gasteiger partial charge < -0.3 is 15.1 Å². The van der Waals surface area contributed by atoms with Gasteiger partial charge in [0.25, 0.3) is 5.91 Å². The second-order valence-corrected chi connectivity index (χ2v) is 13.5. The van der Waals surface area contributed by atoms with Gasteiger partial charge in [-0.1, -0.05) is 22.9 Å². The fraction of sp³-hybridized carbons (Fsp3) is 0.424. The van der Waals surface area contributed by atoms with Crippen LogP contribution in [0.5, 0.6) is 0 Å². The van der Waals surface area contributed by atoms with Gasteiger partial charge in [0.2, 0.25) is 5.91 Å². The van der Waals surface area contributed by atoms with E-state index in [0.717, 1.165) is 71.6 Å². The number of nitrogens with zero attached hydrogens (tertiary/aromatic N) is 6. The number of likely N-dealkylation sites (tertiary alicyclic amines) is 1. The van der Waals surface area contributed by atoms with E-state index in [-0.39, 0.29) is 17.9 Å². The zero-order chi connectivity index (χ0) is 30.4. The maximum Gasteiger partial charge on any atom is 0.253 e. The molecule has 7 rings (SSSR count). The molecule has 4 aromatic rings. The third-order valence-electron chi connectivity index (χ3n) is 9.34. The van der Waals surface area contributed by atoms with Gasteiger partial charge >= 0.3 is 0 Å². The van der Waals surface area contributed by atoms with Crippen molar-refractivity contribution in [3.8, 4) is 27.5 Å². The lowest BCUT2D eigenvalue weighted by Gasteiger charge is -2.38. The summed E-state index contributed by atoms with van der Waals surface area (Å²) in [4.78, 5) is 40.0. The summed E-state index contributed by atoms with van der Waals surface area (Å²) in [5, 5.41) is 8.92. The number of anilines is 1. The number of halogens is 1. The summed E-state index contributed by atoms with van der Waals surface area (Å²) in [5.74, 6) is -0.167. The number of aryl methyl sites for hydroxylation is 1. The lowest BCUT2D eigenvalue weighted by atomic mass is 9.89. The molecule has 0 bridgehead atoms. The molecule has 0 unspecified atom stereocenters. The molecule has 4 heterocycles. The van der Waals surface area contributed by atoms with Crippen molar-refractivity contribution in [3.63, 3.8) is 0 Å². The van der Waals surface area contributed by atoms with Crippen molar-refractivity contribution in [2.75, 3.05) is 25.5 Å². The molecule has 1 saturated carbocycles. The Morgan fingerprint density at radius 1 is 1.09 bits per heavy atom. The molecule has 228 valence electrons. The quantitative estimate of drug-likeness (QED) is 0.271. The number of fused-ring (bicyclic) bond motifs is 3. The van der Waals surface area contributed by atoms with Crippen LogP contribution in [-0.2, 0) is 17.6 Å². The molecule has 3 aromatic heterocycles. The van der Waals surface area contributed by atoms with Gasteiger partial charge in [0.15, 0.2) is 5.13 Å². The van der Waals surface area contributed by atoms with Gasteiger partial charge in [-0.15, -0.1) is 0 Å². The van der Waals surface area contributed by atoms with Gasteiger partial charge in [-0.05, 0) is 94.8 Å². The van der Waals surface area contributed by atoms with Crippen LogP contribution < -0.4 is 5.32 Å². The van der Waals surface area contributed by atoms with E-state index in [1.54, 1.807) is 12.3 Å². The van der Waals surface area contributed by atoms with Crippen LogP contribution in [0.4, 0.5) is 5.13 Å². The Morgan fingerprint density at radius 3 is 2.59 bits per heavy atom. The zero-order valence-corrected chi connectivity index (χ0v) is 26.6. The second-order valence-electron chi connectivity index (χ2n) is 12.1. The number of aromatic nitrogens is 4. The number of carbonyl (C=O) groups is 2. The number of benzene rings is 1. The number of pyridine rings is 1. The average molecular weight is 630 g/mol. The molecule has 1 aliphatic heterocycles. The highest BCUT2D eigenvalue weighted by atomic mass is 35.5. The van der Waals surface area contributed by atoms with E-state index in [4.69, 9.17) is 21.7 Å². The summed E-state index contributed by atoms with van der Waals surface area (Å²) in [6, 6.07) is 10.3. The fourth-order valence-corrected chi connectivity index (χ4v) is 8.46. The largest absolute Gasteiger partial charge is 0.339 e. The van der Waals surface area contributed by atoms with E-state index < -0.39 is 0 Å². The molecule has 9 nitrogen and oxygen atoms in total. The van der Waals surface area contributed by atoms with E-state index in [9.17, 15) is 9.59 Å². The Kier molecular flexibility index (Phi) is 7.99. The molecule has 3 aliphatic rings. The van der Waals surface area contributed by atoms with E-state index in [2.05, 4.69) is 15.2 Å². The molecular formula is C33H36ClN7O2S. The SMILES string of the molecule is CC(=O)Nc1nc2c(s1)-c1c(c(-c3cccnc3)nn1-c1ccc(C(=O)N(C)[C@H]3CC[C@@H](N4CCCC4)CC3)cc1Cl)CC2. The van der Waals surface area contributed by atoms with Crippen molar-refractivity contribution in [3.05, 3.63) is 64.6 Å². The maximum absolute atomic E-state index is 13.6. The number of rotatable bonds is 6. The van der Waals surface area contributed by atoms with Crippen molar-refractivity contribution in [1.29, 1.82) is 0 Å². The first kappa shape index (κ1) is 29.1. The standard InChI is InChI=1S/C33H36ClN7O2S/c1-20(42)36-33-37-27-13-12-25-29(22-6-5-15-35-19-22)38-41(30(25)31(27)44-33)28-14-7-21(18-26(28)34)32(43)39(2)23-8-10-24(11-9-23)40-16-3-4-17-40/h5-7,14-15,18-19,23-24H,3-4,8-13,16-17H2,1-2H3,(H,36,37,42)/t23-,24+. The van der Waals surface area contributed by atoms with E-state index in [1.165, 1.54) is 44.2 Å². The first-order valence-electron chi connectivity index (χ1n) is 15.5. The molecule has 0 atom stereocenters. The molecule has 1 aromatic carbocycles. The average Bonchev–Trinajstić information content (AvgIpc) is 3.79. The van der Waals surface area contributed by atoms with Gasteiger partial charge in [-0.3, -0.25) is 14.6 Å². The normalized spacial score (nSPS) is 19.8. The minimum atomic E-state index is -0.159.